The monoisotopic (exact) mass is 362 g/mol. The van der Waals surface area contributed by atoms with Crippen LogP contribution in [0, 0.1) is 0 Å². The largest absolute Gasteiger partial charge is 0.269 e. The van der Waals surface area contributed by atoms with Gasteiger partial charge in [0.25, 0.3) is 10.1 Å². The minimum absolute atomic E-state index is 0.201. The molecule has 0 N–H and O–H groups in total. The van der Waals surface area contributed by atoms with Crippen molar-refractivity contribution in [2.45, 2.75) is 0 Å². The van der Waals surface area contributed by atoms with E-state index in [1.165, 1.54) is 0 Å². The summed E-state index contributed by atoms with van der Waals surface area (Å²) in [4.78, 5) is 0. The van der Waals surface area contributed by atoms with Crippen LogP contribution < -0.4 is 0 Å². The lowest BCUT2D eigenvalue weighted by Gasteiger charge is -2.10. The molecule has 8 heavy (non-hydrogen) atoms. The van der Waals surface area contributed by atoms with E-state index in [4.69, 9.17) is 0 Å². The number of rotatable bonds is 0. The summed E-state index contributed by atoms with van der Waals surface area (Å²) in [6.45, 7) is 0.377. The van der Waals surface area contributed by atoms with Crippen LogP contribution in [0.4, 0.5) is 0 Å². The summed E-state index contributed by atoms with van der Waals surface area (Å²) in [6.07, 6.45) is 0. The summed E-state index contributed by atoms with van der Waals surface area (Å²) < 4.78 is 23.8. The van der Waals surface area contributed by atoms with E-state index in [1.807, 2.05) is 0 Å². The Bertz CT molecular complexity index is 129. The Labute approximate surface area is 71.6 Å². The van der Waals surface area contributed by atoms with Crippen molar-refractivity contribution in [2.75, 3.05) is 12.4 Å². The molecule has 1 aliphatic rings. The van der Waals surface area contributed by atoms with Crippen molar-refractivity contribution in [3.05, 3.63) is 0 Å². The second kappa shape index (κ2) is 4.23. The molecule has 1 fully saturated rings. The van der Waals surface area contributed by atoms with Gasteiger partial charge in [0, 0.05) is 37.2 Å². The average Bonchev–Trinajstić information content (AvgIpc) is 1.69. The normalized spacial score (nSPS) is 22.2. The van der Waals surface area contributed by atoms with Crippen LogP contribution in [-0.2, 0) is 14.3 Å². The van der Waals surface area contributed by atoms with Gasteiger partial charge < -0.3 is 0 Å². The summed E-state index contributed by atoms with van der Waals surface area (Å²) in [5.74, 6) is 0.201. The Morgan fingerprint density at radius 3 is 1.62 bits per heavy atom. The third kappa shape index (κ3) is 3.41. The highest BCUT2D eigenvalue weighted by molar-refractivity contribution is 15.0. The highest BCUT2D eigenvalue weighted by Gasteiger charge is 2.20. The zero-order valence-electron chi connectivity index (χ0n) is 3.80. The smallest absolute Gasteiger partial charge is 0.269 e. The van der Waals surface area contributed by atoms with E-state index < -0.39 is 10.1 Å². The summed E-state index contributed by atoms with van der Waals surface area (Å²) in [6, 6.07) is 0. The van der Waals surface area contributed by atoms with E-state index in [1.54, 1.807) is 0 Å². The Morgan fingerprint density at radius 1 is 1.38 bits per heavy atom. The lowest BCUT2D eigenvalue weighted by molar-refractivity contribution is 0.287. The van der Waals surface area contributed by atoms with Gasteiger partial charge in [-0.3, -0.25) is 4.18 Å². The second-order valence-corrected chi connectivity index (χ2v) is 2.84. The van der Waals surface area contributed by atoms with Gasteiger partial charge in [-0.05, 0) is 0 Å². The Hall–Kier alpha value is 1.37. The molecule has 1 rings (SSSR count). The van der Waals surface area contributed by atoms with E-state index in [0.29, 0.717) is 6.61 Å². The fraction of sp³-hybridized carbons (Fsp3) is 1.00. The second-order valence-electron chi connectivity index (χ2n) is 1.08. The fourth-order valence-electron chi connectivity index (χ4n) is 0.219. The Balaban J connectivity index is 0.000000222. The third-order valence-corrected chi connectivity index (χ3v) is 1.79. The molecule has 1 saturated heterocycles. The molecular weight excluding hydrogens is 358 g/mol. The number of hydrogen-bond acceptors (Lipinski definition) is 3. The van der Waals surface area contributed by atoms with E-state index in [2.05, 4.69) is 41.4 Å². The van der Waals surface area contributed by atoms with Crippen LogP contribution in [0.3, 0.4) is 0 Å². The first kappa shape index (κ1) is 9.37. The van der Waals surface area contributed by atoms with Gasteiger partial charge in [0.1, 0.15) is 5.75 Å². The Morgan fingerprint density at radius 2 is 1.62 bits per heavy atom. The molecule has 6 heteroatoms. The lowest BCUT2D eigenvalue weighted by atomic mass is 10.9. The lowest BCUT2D eigenvalue weighted by Crippen LogP contribution is -2.26. The molecule has 0 radical (unpaired) electrons. The maximum Gasteiger partial charge on any atom is 0.269 e. The molecule has 3 nitrogen and oxygen atoms in total. The first-order chi connectivity index (χ1) is 3.71. The van der Waals surface area contributed by atoms with Crippen molar-refractivity contribution >= 4 is 47.3 Å². The third-order valence-electron chi connectivity index (χ3n) is 0.596. The predicted octanol–water partition coefficient (Wildman–Crippen LogP) is 1.12. The molecule has 0 atom stereocenters. The molecule has 0 saturated carbocycles. The molecule has 0 spiro atoms. The molecule has 0 aromatic carbocycles. The highest BCUT2D eigenvalue weighted by Crippen LogP contribution is 2.02. The maximum absolute atomic E-state index is 9.86. The van der Waals surface area contributed by atoms with Gasteiger partial charge >= 0.3 is 0 Å². The molecule has 0 aromatic rings. The van der Waals surface area contributed by atoms with Crippen LogP contribution in [0.15, 0.2) is 0 Å². The van der Waals surface area contributed by atoms with Crippen LogP contribution in [0.1, 0.15) is 0 Å². The van der Waals surface area contributed by atoms with Crippen LogP contribution in [-0.4, -0.2) is 20.8 Å². The first-order valence-corrected chi connectivity index (χ1v) is 9.58. The minimum atomic E-state index is -2.98. The van der Waals surface area contributed by atoms with Crippen molar-refractivity contribution in [2.24, 2.45) is 0 Å². The number of halogens is 2. The molecule has 0 aliphatic carbocycles. The van der Waals surface area contributed by atoms with Gasteiger partial charge in [0.05, 0.1) is 6.61 Å². The van der Waals surface area contributed by atoms with Gasteiger partial charge in [0.2, 0.25) is 0 Å². The predicted molar refractivity (Wildman–Crippen MR) is 47.8 cm³/mol. The van der Waals surface area contributed by atoms with Gasteiger partial charge in [-0.25, -0.2) is 0 Å². The summed E-state index contributed by atoms with van der Waals surface area (Å²) in [5.41, 5.74) is 0. The topological polar surface area (TPSA) is 43.4 Å². The fourth-order valence-corrected chi connectivity index (χ4v) is 0.658. The molecule has 1 aliphatic heterocycles. The number of hydrogen-bond donors (Lipinski definition) is 0. The molecule has 0 aromatic heterocycles. The van der Waals surface area contributed by atoms with Gasteiger partial charge in [-0.15, -0.1) is 0 Å². The summed E-state index contributed by atoms with van der Waals surface area (Å²) in [7, 11) is -2.98. The first-order valence-electron chi connectivity index (χ1n) is 1.72. The van der Waals surface area contributed by atoms with Crippen molar-refractivity contribution < 1.29 is 12.6 Å². The zero-order chi connectivity index (χ0) is 6.62. The zero-order valence-corrected chi connectivity index (χ0v) is 8.93. The van der Waals surface area contributed by atoms with Crippen LogP contribution in [0.2, 0.25) is 0 Å². The van der Waals surface area contributed by atoms with Gasteiger partial charge in [-0.1, -0.05) is 0 Å². The molecule has 0 bridgehead atoms. The SMILES string of the molecule is II.O=S1(=O)CCO1. The van der Waals surface area contributed by atoms with E-state index in [-0.39, 0.29) is 5.75 Å². The molecule has 0 unspecified atom stereocenters. The van der Waals surface area contributed by atoms with E-state index in [0.717, 1.165) is 0 Å². The van der Waals surface area contributed by atoms with Crippen LogP contribution >= 0.6 is 37.2 Å². The standard InChI is InChI=1S/C2H4O3S.I2/c3-6(4)2-1-5-6;1-2/h1-2H2;. The molecular formula is C2H4I2O3S. The van der Waals surface area contributed by atoms with Crippen LogP contribution in [0.25, 0.3) is 0 Å². The van der Waals surface area contributed by atoms with E-state index in [9.17, 15) is 8.42 Å². The van der Waals surface area contributed by atoms with Crippen molar-refractivity contribution in [3.8, 4) is 0 Å². The van der Waals surface area contributed by atoms with Gasteiger partial charge in [-0.2, -0.15) is 8.42 Å². The molecule has 50 valence electrons. The maximum atomic E-state index is 9.86. The Kier molecular flexibility index (Phi) is 4.95. The van der Waals surface area contributed by atoms with Crippen molar-refractivity contribution in [3.63, 3.8) is 0 Å². The van der Waals surface area contributed by atoms with Gasteiger partial charge in [0.15, 0.2) is 0 Å². The van der Waals surface area contributed by atoms with E-state index >= 15 is 0 Å². The molecule has 0 amide bonds. The minimum Gasteiger partial charge on any atom is -0.269 e. The van der Waals surface area contributed by atoms with Crippen molar-refractivity contribution in [1.29, 1.82) is 0 Å². The van der Waals surface area contributed by atoms with Crippen LogP contribution in [0.5, 0.6) is 0 Å². The van der Waals surface area contributed by atoms with Crippen molar-refractivity contribution in [1.82, 2.24) is 0 Å². The molecule has 1 heterocycles. The summed E-state index contributed by atoms with van der Waals surface area (Å²) >= 11 is 4.24. The highest BCUT2D eigenvalue weighted by atomic mass is 128. The quantitative estimate of drug-likeness (QED) is 0.479. The average molecular weight is 362 g/mol. The summed E-state index contributed by atoms with van der Waals surface area (Å²) in [5, 5.41) is 0.